The zero-order valence-corrected chi connectivity index (χ0v) is 16.8. The van der Waals surface area contributed by atoms with E-state index < -0.39 is 6.04 Å². The zero-order valence-electron chi connectivity index (χ0n) is 15.2. The number of ether oxygens (including phenoxy) is 2. The Kier molecular flexibility index (Phi) is 5.92. The van der Waals surface area contributed by atoms with Gasteiger partial charge in [-0.3, -0.25) is 14.5 Å². The van der Waals surface area contributed by atoms with Gasteiger partial charge in [0.25, 0.3) is 0 Å². The fraction of sp³-hybridized carbons (Fsp3) is 0.278. The molecule has 1 amide bonds. The fourth-order valence-electron chi connectivity index (χ4n) is 2.69. The van der Waals surface area contributed by atoms with Crippen molar-refractivity contribution in [2.24, 2.45) is 0 Å². The molecule has 0 bridgehead atoms. The number of rotatable bonds is 7. The average Bonchev–Trinajstić information content (AvgIpc) is 3.34. The van der Waals surface area contributed by atoms with Crippen molar-refractivity contribution in [1.82, 2.24) is 20.1 Å². The molecular weight excluding hydrogens is 384 g/mol. The first-order valence-electron chi connectivity index (χ1n) is 8.24. The summed E-state index contributed by atoms with van der Waals surface area (Å²) >= 11 is 6.86. The average molecular weight is 405 g/mol. The van der Waals surface area contributed by atoms with Crippen molar-refractivity contribution in [2.75, 3.05) is 14.2 Å². The van der Waals surface area contributed by atoms with Gasteiger partial charge in [-0.25, -0.2) is 0 Å². The van der Waals surface area contributed by atoms with E-state index in [4.69, 9.17) is 21.7 Å². The third kappa shape index (κ3) is 4.04. The van der Waals surface area contributed by atoms with Gasteiger partial charge in [-0.2, -0.15) is 5.10 Å². The molecule has 3 aromatic rings. The highest BCUT2D eigenvalue weighted by molar-refractivity contribution is 7.71. The number of thiophene rings is 1. The van der Waals surface area contributed by atoms with Crippen LogP contribution in [0.15, 0.2) is 35.7 Å². The third-order valence-corrected chi connectivity index (χ3v) is 5.31. The van der Waals surface area contributed by atoms with Gasteiger partial charge in [0.2, 0.25) is 5.91 Å². The van der Waals surface area contributed by atoms with Crippen molar-refractivity contribution in [3.05, 3.63) is 46.0 Å². The van der Waals surface area contributed by atoms with E-state index in [-0.39, 0.29) is 5.91 Å². The highest BCUT2D eigenvalue weighted by Crippen LogP contribution is 2.26. The first-order chi connectivity index (χ1) is 13.0. The number of nitrogens with one attached hydrogen (secondary N) is 2. The maximum atomic E-state index is 12.7. The minimum atomic E-state index is -0.516. The van der Waals surface area contributed by atoms with Crippen LogP contribution in [0.25, 0.3) is 10.7 Å². The van der Waals surface area contributed by atoms with Gasteiger partial charge in [-0.1, -0.05) is 6.07 Å². The van der Waals surface area contributed by atoms with Gasteiger partial charge < -0.3 is 14.8 Å². The molecule has 2 aromatic heterocycles. The van der Waals surface area contributed by atoms with Crippen molar-refractivity contribution < 1.29 is 14.3 Å². The fourth-order valence-corrected chi connectivity index (χ4v) is 3.69. The second-order valence-electron chi connectivity index (χ2n) is 5.77. The van der Waals surface area contributed by atoms with Crippen LogP contribution < -0.4 is 14.8 Å². The topological polar surface area (TPSA) is 81.2 Å². The molecule has 142 valence electrons. The maximum Gasteiger partial charge on any atom is 0.243 e. The van der Waals surface area contributed by atoms with Crippen LogP contribution in [0, 0.1) is 4.77 Å². The molecule has 0 aliphatic rings. The van der Waals surface area contributed by atoms with Crippen molar-refractivity contribution >= 4 is 29.5 Å². The summed E-state index contributed by atoms with van der Waals surface area (Å²) in [5.74, 6) is 1.84. The van der Waals surface area contributed by atoms with E-state index in [9.17, 15) is 4.79 Å². The Bertz CT molecular complexity index is 979. The number of aromatic amines is 1. The standard InChI is InChI=1S/C18H20N4O3S2/c1-11(22-16(20-21-18(22)26)15-5-4-8-27-15)17(23)19-10-12-6-7-13(24-2)9-14(12)25-3/h4-9,11H,10H2,1-3H3,(H,19,23)(H,21,26). The summed E-state index contributed by atoms with van der Waals surface area (Å²) in [5.41, 5.74) is 0.855. The van der Waals surface area contributed by atoms with E-state index >= 15 is 0 Å². The van der Waals surface area contributed by atoms with Crippen LogP contribution in [0.2, 0.25) is 0 Å². The molecule has 2 N–H and O–H groups in total. The second-order valence-corrected chi connectivity index (χ2v) is 7.11. The van der Waals surface area contributed by atoms with Gasteiger partial charge in [-0.05, 0) is 42.7 Å². The first-order valence-corrected chi connectivity index (χ1v) is 9.53. The minimum Gasteiger partial charge on any atom is -0.497 e. The predicted octanol–water partition coefficient (Wildman–Crippen LogP) is 3.56. The smallest absolute Gasteiger partial charge is 0.243 e. The molecule has 0 aliphatic carbocycles. The summed E-state index contributed by atoms with van der Waals surface area (Å²) in [7, 11) is 3.18. The van der Waals surface area contributed by atoms with Gasteiger partial charge in [0, 0.05) is 18.2 Å². The van der Waals surface area contributed by atoms with E-state index in [1.807, 2.05) is 29.6 Å². The van der Waals surface area contributed by atoms with Crippen molar-refractivity contribution in [3.8, 4) is 22.2 Å². The highest BCUT2D eigenvalue weighted by atomic mass is 32.1. The van der Waals surface area contributed by atoms with Crippen molar-refractivity contribution in [2.45, 2.75) is 19.5 Å². The van der Waals surface area contributed by atoms with E-state index in [1.165, 1.54) is 0 Å². The van der Waals surface area contributed by atoms with Crippen LogP contribution in [-0.4, -0.2) is 34.9 Å². The summed E-state index contributed by atoms with van der Waals surface area (Å²) in [6, 6.07) is 8.84. The molecule has 1 aromatic carbocycles. The number of carbonyl (C=O) groups excluding carboxylic acids is 1. The number of hydrogen-bond acceptors (Lipinski definition) is 6. The number of amides is 1. The van der Waals surface area contributed by atoms with Gasteiger partial charge in [0.05, 0.1) is 19.1 Å². The van der Waals surface area contributed by atoms with Crippen LogP contribution in [0.1, 0.15) is 18.5 Å². The molecule has 0 radical (unpaired) electrons. The molecule has 0 aliphatic heterocycles. The number of benzene rings is 1. The van der Waals surface area contributed by atoms with Crippen LogP contribution in [0.4, 0.5) is 0 Å². The summed E-state index contributed by atoms with van der Waals surface area (Å²) < 4.78 is 12.7. The number of hydrogen-bond donors (Lipinski definition) is 2. The summed E-state index contributed by atoms with van der Waals surface area (Å²) in [6.45, 7) is 2.12. The van der Waals surface area contributed by atoms with Crippen LogP contribution >= 0.6 is 23.6 Å². The lowest BCUT2D eigenvalue weighted by Gasteiger charge is -2.16. The van der Waals surface area contributed by atoms with Gasteiger partial charge >= 0.3 is 0 Å². The SMILES string of the molecule is COc1ccc(CNC(=O)C(C)n2c(-c3cccs3)n[nH]c2=S)c(OC)c1. The van der Waals surface area contributed by atoms with Gasteiger partial charge in [-0.15, -0.1) is 11.3 Å². The third-order valence-electron chi connectivity index (χ3n) is 4.16. The predicted molar refractivity (Wildman–Crippen MR) is 107 cm³/mol. The Morgan fingerprint density at radius 1 is 1.37 bits per heavy atom. The molecule has 9 heteroatoms. The van der Waals surface area contributed by atoms with Crippen molar-refractivity contribution in [1.29, 1.82) is 0 Å². The van der Waals surface area contributed by atoms with Crippen LogP contribution in [0.5, 0.6) is 11.5 Å². The number of H-pyrrole nitrogens is 1. The monoisotopic (exact) mass is 404 g/mol. The molecule has 1 atom stereocenters. The number of carbonyl (C=O) groups is 1. The Morgan fingerprint density at radius 3 is 2.85 bits per heavy atom. The number of aromatic nitrogens is 3. The van der Waals surface area contributed by atoms with E-state index in [2.05, 4.69) is 15.5 Å². The Hall–Kier alpha value is -2.65. The molecule has 27 heavy (non-hydrogen) atoms. The lowest BCUT2D eigenvalue weighted by molar-refractivity contribution is -0.124. The van der Waals surface area contributed by atoms with E-state index in [1.54, 1.807) is 43.1 Å². The molecule has 7 nitrogen and oxygen atoms in total. The molecule has 0 saturated heterocycles. The van der Waals surface area contributed by atoms with Crippen LogP contribution in [0.3, 0.4) is 0 Å². The molecular formula is C18H20N4O3S2. The van der Waals surface area contributed by atoms with Crippen LogP contribution in [-0.2, 0) is 11.3 Å². The molecule has 1 unspecified atom stereocenters. The largest absolute Gasteiger partial charge is 0.497 e. The molecule has 3 rings (SSSR count). The quantitative estimate of drug-likeness (QED) is 0.589. The minimum absolute atomic E-state index is 0.164. The highest BCUT2D eigenvalue weighted by Gasteiger charge is 2.21. The Labute approximate surface area is 165 Å². The summed E-state index contributed by atoms with van der Waals surface area (Å²) in [4.78, 5) is 13.7. The normalized spacial score (nSPS) is 11.8. The van der Waals surface area contributed by atoms with Gasteiger partial charge in [0.1, 0.15) is 17.5 Å². The lowest BCUT2D eigenvalue weighted by Crippen LogP contribution is -2.31. The molecule has 0 fully saturated rings. The number of methoxy groups -OCH3 is 2. The first kappa shape index (κ1) is 19.1. The molecule has 2 heterocycles. The zero-order chi connectivity index (χ0) is 19.4. The Morgan fingerprint density at radius 2 is 2.19 bits per heavy atom. The summed E-state index contributed by atoms with van der Waals surface area (Å²) in [5, 5.41) is 11.9. The van der Waals surface area contributed by atoms with Crippen molar-refractivity contribution in [3.63, 3.8) is 0 Å². The molecule has 0 spiro atoms. The van der Waals surface area contributed by atoms with E-state index in [0.717, 1.165) is 10.4 Å². The molecule has 0 saturated carbocycles. The van der Waals surface area contributed by atoms with E-state index in [0.29, 0.717) is 28.6 Å². The Balaban J connectivity index is 1.76. The summed E-state index contributed by atoms with van der Waals surface area (Å²) in [6.07, 6.45) is 0. The van der Waals surface area contributed by atoms with Gasteiger partial charge in [0.15, 0.2) is 10.6 Å². The number of nitrogens with zero attached hydrogens (tertiary/aromatic N) is 2. The lowest BCUT2D eigenvalue weighted by atomic mass is 10.2. The maximum absolute atomic E-state index is 12.7. The second kappa shape index (κ2) is 8.36.